The Kier molecular flexibility index (Phi) is 3.96. The first-order chi connectivity index (χ1) is 9.98. The zero-order valence-corrected chi connectivity index (χ0v) is 13.0. The van der Waals surface area contributed by atoms with Gasteiger partial charge in [0.15, 0.2) is 15.4 Å². The number of sulfone groups is 1. The quantitative estimate of drug-likeness (QED) is 0.665. The molecule has 1 aliphatic rings. The normalized spacial score (nSPS) is 22.7. The third-order valence-electron chi connectivity index (χ3n) is 3.96. The number of halogens is 1. The van der Waals surface area contributed by atoms with Crippen molar-refractivity contribution in [2.75, 3.05) is 11.5 Å². The third-order valence-corrected chi connectivity index (χ3v) is 6.09. The molecule has 0 saturated carbocycles. The van der Waals surface area contributed by atoms with Gasteiger partial charge in [-0.1, -0.05) is 23.7 Å². The van der Waals surface area contributed by atoms with Crippen molar-refractivity contribution in [2.45, 2.75) is 18.9 Å². The molecule has 0 spiro atoms. The van der Waals surface area contributed by atoms with Crippen LogP contribution in [-0.2, 0) is 9.84 Å². The van der Waals surface area contributed by atoms with E-state index in [4.69, 9.17) is 21.9 Å². The van der Waals surface area contributed by atoms with E-state index in [0.717, 1.165) is 5.39 Å². The Bertz CT molecular complexity index is 757. The molecule has 21 heavy (non-hydrogen) atoms. The SMILES string of the molecule is NNC(CC1CCS(=O)(=O)C1)c1cc2cccc(Cl)c2o1. The van der Waals surface area contributed by atoms with Gasteiger partial charge in [-0.05, 0) is 30.9 Å². The molecule has 1 aromatic heterocycles. The van der Waals surface area contributed by atoms with E-state index in [1.165, 1.54) is 0 Å². The summed E-state index contributed by atoms with van der Waals surface area (Å²) in [5, 5.41) is 1.47. The molecule has 3 rings (SSSR count). The number of fused-ring (bicyclic) bond motifs is 1. The van der Waals surface area contributed by atoms with Crippen LogP contribution >= 0.6 is 11.6 Å². The fourth-order valence-electron chi connectivity index (χ4n) is 2.88. The molecule has 1 saturated heterocycles. The summed E-state index contributed by atoms with van der Waals surface area (Å²) in [7, 11) is -2.88. The van der Waals surface area contributed by atoms with Crippen LogP contribution in [0.2, 0.25) is 5.02 Å². The van der Waals surface area contributed by atoms with Crippen molar-refractivity contribution in [2.24, 2.45) is 11.8 Å². The molecule has 2 unspecified atom stereocenters. The molecular formula is C14H17ClN2O3S. The molecule has 114 valence electrons. The Balaban J connectivity index is 1.83. The minimum atomic E-state index is -2.88. The van der Waals surface area contributed by atoms with Crippen LogP contribution in [-0.4, -0.2) is 19.9 Å². The van der Waals surface area contributed by atoms with Gasteiger partial charge in [0.25, 0.3) is 0 Å². The first-order valence-corrected chi connectivity index (χ1v) is 9.03. The number of benzene rings is 1. The van der Waals surface area contributed by atoms with Crippen LogP contribution in [0.4, 0.5) is 0 Å². The van der Waals surface area contributed by atoms with Gasteiger partial charge in [0.1, 0.15) is 5.76 Å². The Hall–Kier alpha value is -1.08. The highest BCUT2D eigenvalue weighted by Gasteiger charge is 2.31. The number of hydrogen-bond acceptors (Lipinski definition) is 5. The van der Waals surface area contributed by atoms with Crippen molar-refractivity contribution in [3.63, 3.8) is 0 Å². The molecule has 1 aromatic carbocycles. The summed E-state index contributed by atoms with van der Waals surface area (Å²) in [6.45, 7) is 0. The molecule has 1 fully saturated rings. The lowest BCUT2D eigenvalue weighted by molar-refractivity contribution is 0.367. The monoisotopic (exact) mass is 328 g/mol. The lowest BCUT2D eigenvalue weighted by Crippen LogP contribution is -2.29. The molecule has 2 atom stereocenters. The van der Waals surface area contributed by atoms with Crippen LogP contribution in [0.15, 0.2) is 28.7 Å². The fraction of sp³-hybridized carbons (Fsp3) is 0.429. The number of nitrogens with one attached hydrogen (secondary N) is 1. The number of nitrogens with two attached hydrogens (primary N) is 1. The largest absolute Gasteiger partial charge is 0.458 e. The van der Waals surface area contributed by atoms with Gasteiger partial charge in [0.2, 0.25) is 0 Å². The minimum Gasteiger partial charge on any atom is -0.458 e. The minimum absolute atomic E-state index is 0.111. The maximum Gasteiger partial charge on any atom is 0.152 e. The molecule has 7 heteroatoms. The van der Waals surface area contributed by atoms with Crippen molar-refractivity contribution in [1.82, 2.24) is 5.43 Å². The number of rotatable bonds is 4. The second-order valence-electron chi connectivity index (χ2n) is 5.53. The highest BCUT2D eigenvalue weighted by Crippen LogP contribution is 2.33. The lowest BCUT2D eigenvalue weighted by atomic mass is 9.98. The van der Waals surface area contributed by atoms with E-state index in [1.807, 2.05) is 18.2 Å². The molecular weight excluding hydrogens is 312 g/mol. The van der Waals surface area contributed by atoms with Gasteiger partial charge in [-0.3, -0.25) is 5.84 Å². The van der Waals surface area contributed by atoms with Gasteiger partial charge in [-0.25, -0.2) is 13.8 Å². The Morgan fingerprint density at radius 2 is 2.29 bits per heavy atom. The van der Waals surface area contributed by atoms with E-state index in [2.05, 4.69) is 5.43 Å². The van der Waals surface area contributed by atoms with Crippen molar-refractivity contribution in [3.8, 4) is 0 Å². The summed E-state index contributed by atoms with van der Waals surface area (Å²) in [6.07, 6.45) is 1.31. The Morgan fingerprint density at radius 1 is 1.48 bits per heavy atom. The van der Waals surface area contributed by atoms with Gasteiger partial charge < -0.3 is 4.42 Å². The molecule has 0 bridgehead atoms. The van der Waals surface area contributed by atoms with Crippen LogP contribution in [0.25, 0.3) is 11.0 Å². The van der Waals surface area contributed by atoms with Gasteiger partial charge in [0, 0.05) is 5.39 Å². The van der Waals surface area contributed by atoms with Gasteiger partial charge in [0.05, 0.1) is 22.6 Å². The first-order valence-electron chi connectivity index (χ1n) is 6.83. The average molecular weight is 329 g/mol. The predicted molar refractivity (Wildman–Crippen MR) is 82.7 cm³/mol. The number of furan rings is 1. The van der Waals surface area contributed by atoms with Gasteiger partial charge in [-0.15, -0.1) is 0 Å². The molecule has 1 aliphatic heterocycles. The molecule has 2 aromatic rings. The van der Waals surface area contributed by atoms with Gasteiger partial charge >= 0.3 is 0 Å². The fourth-order valence-corrected chi connectivity index (χ4v) is 4.98. The second kappa shape index (κ2) is 5.61. The van der Waals surface area contributed by atoms with Crippen LogP contribution < -0.4 is 11.3 Å². The number of para-hydroxylation sites is 1. The molecule has 0 aliphatic carbocycles. The van der Waals surface area contributed by atoms with E-state index in [0.29, 0.717) is 29.2 Å². The highest BCUT2D eigenvalue weighted by molar-refractivity contribution is 7.91. The molecule has 0 amide bonds. The van der Waals surface area contributed by atoms with Gasteiger partial charge in [-0.2, -0.15) is 0 Å². The smallest absolute Gasteiger partial charge is 0.152 e. The molecule has 2 heterocycles. The average Bonchev–Trinajstić information content (AvgIpc) is 3.00. The molecule has 3 N–H and O–H groups in total. The van der Waals surface area contributed by atoms with E-state index in [9.17, 15) is 8.42 Å². The first kappa shape index (κ1) is 14.8. The number of hydrogen-bond donors (Lipinski definition) is 2. The third kappa shape index (κ3) is 3.08. The maximum atomic E-state index is 11.5. The predicted octanol–water partition coefficient (Wildman–Crippen LogP) is 2.42. The number of hydrazine groups is 1. The summed E-state index contributed by atoms with van der Waals surface area (Å²) >= 11 is 6.10. The highest BCUT2D eigenvalue weighted by atomic mass is 35.5. The van der Waals surface area contributed by atoms with E-state index in [1.54, 1.807) is 6.07 Å². The summed E-state index contributed by atoms with van der Waals surface area (Å²) < 4.78 is 28.9. The summed E-state index contributed by atoms with van der Waals surface area (Å²) in [6, 6.07) is 7.23. The van der Waals surface area contributed by atoms with E-state index >= 15 is 0 Å². The zero-order valence-electron chi connectivity index (χ0n) is 11.4. The van der Waals surface area contributed by atoms with Crippen LogP contribution in [0.5, 0.6) is 0 Å². The summed E-state index contributed by atoms with van der Waals surface area (Å²) in [5.74, 6) is 6.91. The molecule has 0 radical (unpaired) electrons. The van der Waals surface area contributed by atoms with Crippen molar-refractivity contribution < 1.29 is 12.8 Å². The van der Waals surface area contributed by atoms with Crippen LogP contribution in [0.1, 0.15) is 24.6 Å². The second-order valence-corrected chi connectivity index (χ2v) is 8.17. The van der Waals surface area contributed by atoms with Crippen molar-refractivity contribution in [3.05, 3.63) is 35.0 Å². The zero-order chi connectivity index (χ0) is 15.0. The lowest BCUT2D eigenvalue weighted by Gasteiger charge is -2.16. The Labute approximate surface area is 128 Å². The topological polar surface area (TPSA) is 85.3 Å². The van der Waals surface area contributed by atoms with E-state index in [-0.39, 0.29) is 23.5 Å². The van der Waals surface area contributed by atoms with Crippen LogP contribution in [0, 0.1) is 5.92 Å². The van der Waals surface area contributed by atoms with Crippen LogP contribution in [0.3, 0.4) is 0 Å². The Morgan fingerprint density at radius 3 is 2.90 bits per heavy atom. The van der Waals surface area contributed by atoms with Crippen molar-refractivity contribution >= 4 is 32.4 Å². The summed E-state index contributed by atoms with van der Waals surface area (Å²) in [5.41, 5.74) is 3.35. The standard InChI is InChI=1S/C14H17ClN2O3S/c15-11-3-1-2-10-7-13(20-14(10)11)12(17-16)6-9-4-5-21(18,19)8-9/h1-3,7,9,12,17H,4-6,8,16H2. The summed E-state index contributed by atoms with van der Waals surface area (Å²) in [4.78, 5) is 0. The van der Waals surface area contributed by atoms with Crippen molar-refractivity contribution in [1.29, 1.82) is 0 Å². The molecule has 5 nitrogen and oxygen atoms in total. The van der Waals surface area contributed by atoms with E-state index < -0.39 is 9.84 Å². The maximum absolute atomic E-state index is 11.5.